The van der Waals surface area contributed by atoms with Crippen LogP contribution in [0.15, 0.2) is 42.7 Å². The van der Waals surface area contributed by atoms with Gasteiger partial charge in [0.1, 0.15) is 0 Å². The predicted octanol–water partition coefficient (Wildman–Crippen LogP) is 1.17. The highest BCUT2D eigenvalue weighted by Crippen LogP contribution is 2.29. The Morgan fingerprint density at radius 3 is 2.61 bits per heavy atom. The second-order valence-electron chi connectivity index (χ2n) is 6.92. The van der Waals surface area contributed by atoms with Gasteiger partial charge in [0.05, 0.1) is 31.5 Å². The van der Waals surface area contributed by atoms with E-state index in [-0.39, 0.29) is 17.7 Å². The first kappa shape index (κ1) is 20.4. The van der Waals surface area contributed by atoms with Gasteiger partial charge in [-0.1, -0.05) is 30.3 Å². The molecule has 2 aromatic rings. The molecule has 0 amide bonds. The Hall–Kier alpha value is -2.36. The van der Waals surface area contributed by atoms with Crippen molar-refractivity contribution in [3.63, 3.8) is 0 Å². The second kappa shape index (κ2) is 8.76. The Bertz CT molecular complexity index is 903. The van der Waals surface area contributed by atoms with Crippen molar-refractivity contribution in [1.29, 1.82) is 0 Å². The second-order valence-corrected chi connectivity index (χ2v) is 8.70. The largest absolute Gasteiger partial charge is 0.464 e. The number of methoxy groups -OCH3 is 1. The maximum Gasteiger partial charge on any atom is 0.358 e. The van der Waals surface area contributed by atoms with Gasteiger partial charge in [0.2, 0.25) is 10.0 Å². The molecule has 8 nitrogen and oxygen atoms in total. The zero-order valence-electron chi connectivity index (χ0n) is 15.9. The molecule has 1 aliphatic rings. The normalized spacial score (nSPS) is 20.6. The lowest BCUT2D eigenvalue weighted by molar-refractivity contribution is 0.0593. The Morgan fingerprint density at radius 2 is 2.00 bits per heavy atom. The zero-order chi connectivity index (χ0) is 20.1. The van der Waals surface area contributed by atoms with E-state index in [9.17, 15) is 13.2 Å². The fraction of sp³-hybridized carbons (Fsp3) is 0.421. The van der Waals surface area contributed by atoms with E-state index in [0.717, 1.165) is 18.5 Å². The molecule has 1 aromatic heterocycles. The van der Waals surface area contributed by atoms with Gasteiger partial charge in [0, 0.05) is 25.0 Å². The molecule has 1 fully saturated rings. The number of likely N-dealkylation sites (tertiary alicyclic amines) is 1. The molecule has 0 aliphatic carbocycles. The van der Waals surface area contributed by atoms with Crippen LogP contribution in [0.3, 0.4) is 0 Å². The van der Waals surface area contributed by atoms with E-state index in [1.54, 1.807) is 6.20 Å². The van der Waals surface area contributed by atoms with Crippen molar-refractivity contribution in [2.45, 2.75) is 24.9 Å². The van der Waals surface area contributed by atoms with Gasteiger partial charge < -0.3 is 4.74 Å². The number of nitrogens with one attached hydrogen (secondary N) is 1. The molecule has 1 aromatic carbocycles. The highest BCUT2D eigenvalue weighted by Gasteiger charge is 2.32. The summed E-state index contributed by atoms with van der Waals surface area (Å²) in [6.07, 6.45) is 4.95. The first-order valence-corrected chi connectivity index (χ1v) is 10.9. The number of hydrogen-bond donors (Lipinski definition) is 1. The third-order valence-corrected chi connectivity index (χ3v) is 5.51. The first-order chi connectivity index (χ1) is 13.4. The van der Waals surface area contributed by atoms with Gasteiger partial charge in [-0.15, -0.1) is 0 Å². The number of benzene rings is 1. The summed E-state index contributed by atoms with van der Waals surface area (Å²) in [5.41, 5.74) is 2.00. The highest BCUT2D eigenvalue weighted by atomic mass is 32.2. The summed E-state index contributed by atoms with van der Waals surface area (Å²) >= 11 is 0. The minimum Gasteiger partial charge on any atom is -0.464 e. The number of nitrogens with zero attached hydrogens (tertiary/aromatic N) is 3. The SMILES string of the molecule is COC(=O)c1cnc(CN2CC[C@@H](c3ccccc3)[C@@H](NS(C)(=O)=O)C2)cn1. The summed E-state index contributed by atoms with van der Waals surface area (Å²) < 4.78 is 31.2. The lowest BCUT2D eigenvalue weighted by Gasteiger charge is -2.38. The van der Waals surface area contributed by atoms with E-state index in [1.165, 1.54) is 19.6 Å². The van der Waals surface area contributed by atoms with Crippen LogP contribution in [-0.4, -0.2) is 61.8 Å². The molecule has 150 valence electrons. The zero-order valence-corrected chi connectivity index (χ0v) is 16.7. The molecular formula is C19H24N4O4S. The number of ether oxygens (including phenoxy) is 1. The van der Waals surface area contributed by atoms with Gasteiger partial charge in [-0.3, -0.25) is 9.88 Å². The van der Waals surface area contributed by atoms with Gasteiger partial charge in [-0.05, 0) is 18.5 Å². The maximum atomic E-state index is 11.9. The first-order valence-electron chi connectivity index (χ1n) is 8.99. The number of hydrogen-bond acceptors (Lipinski definition) is 7. The Balaban J connectivity index is 1.72. The number of esters is 1. The molecule has 1 saturated heterocycles. The topological polar surface area (TPSA) is 101 Å². The minimum absolute atomic E-state index is 0.111. The standard InChI is InChI=1S/C19H24N4O4S/c1-27-19(24)17-11-20-15(10-21-17)12-23-9-8-16(14-6-4-3-5-7-14)18(13-23)22-28(2,25)26/h3-7,10-11,16,18,22H,8-9,12-13H2,1-2H3/t16-,18-/m0/s1. The number of piperidine rings is 1. The summed E-state index contributed by atoms with van der Waals surface area (Å²) in [5.74, 6) is -0.417. The summed E-state index contributed by atoms with van der Waals surface area (Å²) in [6.45, 7) is 1.90. The predicted molar refractivity (Wildman–Crippen MR) is 104 cm³/mol. The molecule has 0 saturated carbocycles. The van der Waals surface area contributed by atoms with Gasteiger partial charge in [0.15, 0.2) is 5.69 Å². The van der Waals surface area contributed by atoms with Crippen LogP contribution in [-0.2, 0) is 21.3 Å². The molecule has 0 unspecified atom stereocenters. The number of sulfonamides is 1. The lowest BCUT2D eigenvalue weighted by Crippen LogP contribution is -2.51. The Labute approximate surface area is 165 Å². The van der Waals surface area contributed by atoms with E-state index in [0.29, 0.717) is 18.8 Å². The molecule has 1 N–H and O–H groups in total. The Kier molecular flexibility index (Phi) is 6.38. The minimum atomic E-state index is -3.34. The van der Waals surface area contributed by atoms with Crippen molar-refractivity contribution in [3.05, 3.63) is 59.7 Å². The van der Waals surface area contributed by atoms with Crippen LogP contribution in [0, 0.1) is 0 Å². The van der Waals surface area contributed by atoms with E-state index in [2.05, 4.69) is 24.3 Å². The summed E-state index contributed by atoms with van der Waals surface area (Å²) in [4.78, 5) is 22.0. The van der Waals surface area contributed by atoms with Crippen LogP contribution in [0.4, 0.5) is 0 Å². The number of aromatic nitrogens is 2. The van der Waals surface area contributed by atoms with Crippen LogP contribution in [0.25, 0.3) is 0 Å². The third-order valence-electron chi connectivity index (χ3n) is 4.78. The van der Waals surface area contributed by atoms with E-state index >= 15 is 0 Å². The molecule has 28 heavy (non-hydrogen) atoms. The highest BCUT2D eigenvalue weighted by molar-refractivity contribution is 7.88. The smallest absolute Gasteiger partial charge is 0.358 e. The maximum absolute atomic E-state index is 11.9. The quantitative estimate of drug-likeness (QED) is 0.721. The van der Waals surface area contributed by atoms with Crippen LogP contribution < -0.4 is 4.72 Å². The monoisotopic (exact) mass is 404 g/mol. The van der Waals surface area contributed by atoms with Gasteiger partial charge in [-0.2, -0.15) is 0 Å². The summed E-state index contributed by atoms with van der Waals surface area (Å²) in [5, 5.41) is 0. The molecule has 9 heteroatoms. The number of carbonyl (C=O) groups excluding carboxylic acids is 1. The lowest BCUT2D eigenvalue weighted by atomic mass is 9.86. The molecule has 0 bridgehead atoms. The van der Waals surface area contributed by atoms with Gasteiger partial charge in [-0.25, -0.2) is 22.9 Å². The average molecular weight is 404 g/mol. The molecule has 2 atom stereocenters. The van der Waals surface area contributed by atoms with Crippen molar-refractivity contribution < 1.29 is 17.9 Å². The van der Waals surface area contributed by atoms with Gasteiger partial charge >= 0.3 is 5.97 Å². The Morgan fingerprint density at radius 1 is 1.25 bits per heavy atom. The van der Waals surface area contributed by atoms with Crippen molar-refractivity contribution >= 4 is 16.0 Å². The van der Waals surface area contributed by atoms with E-state index in [1.807, 2.05) is 30.3 Å². The van der Waals surface area contributed by atoms with Crippen molar-refractivity contribution in [2.75, 3.05) is 26.5 Å². The van der Waals surface area contributed by atoms with Crippen LogP contribution in [0.2, 0.25) is 0 Å². The van der Waals surface area contributed by atoms with Crippen molar-refractivity contribution in [3.8, 4) is 0 Å². The fourth-order valence-electron chi connectivity index (χ4n) is 3.53. The molecule has 0 radical (unpaired) electrons. The number of rotatable bonds is 6. The third kappa shape index (κ3) is 5.34. The average Bonchev–Trinajstić information content (AvgIpc) is 2.67. The molecule has 3 rings (SSSR count). The molecular weight excluding hydrogens is 380 g/mol. The molecule has 2 heterocycles. The molecule has 0 spiro atoms. The fourth-order valence-corrected chi connectivity index (χ4v) is 4.32. The van der Waals surface area contributed by atoms with E-state index in [4.69, 9.17) is 0 Å². The van der Waals surface area contributed by atoms with Crippen molar-refractivity contribution in [2.24, 2.45) is 0 Å². The number of carbonyl (C=O) groups is 1. The van der Waals surface area contributed by atoms with E-state index < -0.39 is 16.0 Å². The van der Waals surface area contributed by atoms with Crippen LogP contribution in [0.1, 0.15) is 34.1 Å². The summed E-state index contributed by atoms with van der Waals surface area (Å²) in [6, 6.07) is 9.74. The van der Waals surface area contributed by atoms with Crippen molar-refractivity contribution in [1.82, 2.24) is 19.6 Å². The van der Waals surface area contributed by atoms with Gasteiger partial charge in [0.25, 0.3) is 0 Å². The summed E-state index contributed by atoms with van der Waals surface area (Å²) in [7, 11) is -2.04. The van der Waals surface area contributed by atoms with Crippen LogP contribution in [0.5, 0.6) is 0 Å². The van der Waals surface area contributed by atoms with Crippen LogP contribution >= 0.6 is 0 Å². The molecule has 1 aliphatic heterocycles.